The van der Waals surface area contributed by atoms with Crippen LogP contribution in [-0.2, 0) is 0 Å². The molecule has 0 amide bonds. The third-order valence-electron chi connectivity index (χ3n) is 3.21. The lowest BCUT2D eigenvalue weighted by molar-refractivity contribution is 0.468. The van der Waals surface area contributed by atoms with E-state index in [0.717, 1.165) is 11.8 Å². The fourth-order valence-corrected chi connectivity index (χ4v) is 2.49. The van der Waals surface area contributed by atoms with Crippen LogP contribution in [0.2, 0.25) is 0 Å². The second-order valence-electron chi connectivity index (χ2n) is 3.87. The quantitative estimate of drug-likeness (QED) is 0.466. The lowest BCUT2D eigenvalue weighted by Gasteiger charge is -1.99. The van der Waals surface area contributed by atoms with Crippen molar-refractivity contribution < 1.29 is 5.11 Å². The van der Waals surface area contributed by atoms with Crippen LogP contribution >= 0.6 is 0 Å². The molecule has 0 heterocycles. The summed E-state index contributed by atoms with van der Waals surface area (Å²) in [7, 11) is 0. The molecule has 0 aromatic carbocycles. The van der Waals surface area contributed by atoms with E-state index in [9.17, 15) is 0 Å². The van der Waals surface area contributed by atoms with Gasteiger partial charge in [0.05, 0.1) is 6.26 Å². The van der Waals surface area contributed by atoms with Gasteiger partial charge in [0.1, 0.15) is 0 Å². The smallest absolute Gasteiger partial charge is 0.0754 e. The molecular weight excluding hydrogens is 148 g/mol. The number of fused-ring (bicyclic) bond motifs is 1. The Balaban J connectivity index is 1.93. The number of aliphatic hydroxyl groups is 1. The van der Waals surface area contributed by atoms with Gasteiger partial charge in [0, 0.05) is 0 Å². The van der Waals surface area contributed by atoms with Gasteiger partial charge in [-0.1, -0.05) is 12.2 Å². The van der Waals surface area contributed by atoms with Gasteiger partial charge in [0.2, 0.25) is 0 Å². The molecule has 1 heteroatoms. The van der Waals surface area contributed by atoms with Crippen LogP contribution in [0.3, 0.4) is 0 Å². The third-order valence-corrected chi connectivity index (χ3v) is 3.21. The van der Waals surface area contributed by atoms with E-state index in [4.69, 9.17) is 5.11 Å². The molecule has 3 atom stereocenters. The Morgan fingerprint density at radius 3 is 2.17 bits per heavy atom. The molecule has 1 nitrogen and oxygen atoms in total. The molecule has 1 fully saturated rings. The van der Waals surface area contributed by atoms with Gasteiger partial charge in [-0.25, -0.2) is 0 Å². The molecule has 2 rings (SSSR count). The molecule has 0 saturated heterocycles. The van der Waals surface area contributed by atoms with E-state index < -0.39 is 0 Å². The van der Waals surface area contributed by atoms with Crippen LogP contribution < -0.4 is 0 Å². The molecule has 1 unspecified atom stereocenters. The first-order chi connectivity index (χ1) is 5.93. The van der Waals surface area contributed by atoms with Crippen LogP contribution in [0.1, 0.15) is 25.7 Å². The monoisotopic (exact) mass is 164 g/mol. The standard InChI is InChI=1S/C11H16O/c12-8-7-11-9-5-3-1-2-4-6-10(9)11/h1-2,7-12H,3-6H2/b2-1-,8-7?/t9-,10+,11?. The molecule has 66 valence electrons. The Hall–Kier alpha value is -0.720. The highest BCUT2D eigenvalue weighted by molar-refractivity contribution is 5.08. The van der Waals surface area contributed by atoms with Crippen molar-refractivity contribution in [2.45, 2.75) is 25.7 Å². The van der Waals surface area contributed by atoms with Crippen molar-refractivity contribution in [3.8, 4) is 0 Å². The fraction of sp³-hybridized carbons (Fsp3) is 0.636. The van der Waals surface area contributed by atoms with Gasteiger partial charge in [0.25, 0.3) is 0 Å². The molecule has 1 saturated carbocycles. The van der Waals surface area contributed by atoms with Crippen LogP contribution in [0.5, 0.6) is 0 Å². The normalized spacial score (nSPS) is 43.2. The lowest BCUT2D eigenvalue weighted by Crippen LogP contribution is -1.85. The molecule has 1 N–H and O–H groups in total. The van der Waals surface area contributed by atoms with Crippen molar-refractivity contribution in [2.75, 3.05) is 0 Å². The maximum atomic E-state index is 8.67. The van der Waals surface area contributed by atoms with Crippen molar-refractivity contribution in [1.82, 2.24) is 0 Å². The summed E-state index contributed by atoms with van der Waals surface area (Å²) in [6.45, 7) is 0. The molecule has 0 aromatic rings. The summed E-state index contributed by atoms with van der Waals surface area (Å²) >= 11 is 0. The number of hydrogen-bond donors (Lipinski definition) is 1. The van der Waals surface area contributed by atoms with E-state index >= 15 is 0 Å². The topological polar surface area (TPSA) is 20.2 Å². The zero-order chi connectivity index (χ0) is 8.39. The van der Waals surface area contributed by atoms with E-state index in [-0.39, 0.29) is 0 Å². The first kappa shape index (κ1) is 7.90. The van der Waals surface area contributed by atoms with E-state index in [1.54, 1.807) is 0 Å². The molecule has 0 bridgehead atoms. The van der Waals surface area contributed by atoms with Gasteiger partial charge in [-0.3, -0.25) is 0 Å². The maximum absolute atomic E-state index is 8.67. The highest BCUT2D eigenvalue weighted by Crippen LogP contribution is 2.53. The molecular formula is C11H16O. The van der Waals surface area contributed by atoms with Crippen LogP contribution in [0, 0.1) is 17.8 Å². The zero-order valence-electron chi connectivity index (χ0n) is 7.32. The summed E-state index contributed by atoms with van der Waals surface area (Å²) < 4.78 is 0. The van der Waals surface area contributed by atoms with E-state index in [0.29, 0.717) is 5.92 Å². The minimum atomic E-state index is 0.690. The summed E-state index contributed by atoms with van der Waals surface area (Å²) in [5, 5.41) is 8.67. The summed E-state index contributed by atoms with van der Waals surface area (Å²) in [6.07, 6.45) is 12.9. The Kier molecular flexibility index (Phi) is 2.20. The number of aliphatic hydroxyl groups excluding tert-OH is 1. The van der Waals surface area contributed by atoms with Gasteiger partial charge in [0.15, 0.2) is 0 Å². The molecule has 0 radical (unpaired) electrons. The zero-order valence-corrected chi connectivity index (χ0v) is 7.32. The summed E-state index contributed by atoms with van der Waals surface area (Å²) in [5.41, 5.74) is 0. The third kappa shape index (κ3) is 1.40. The number of hydrogen-bond acceptors (Lipinski definition) is 1. The lowest BCUT2D eigenvalue weighted by atomic mass is 10.1. The van der Waals surface area contributed by atoms with Crippen molar-refractivity contribution >= 4 is 0 Å². The van der Waals surface area contributed by atoms with Crippen molar-refractivity contribution in [1.29, 1.82) is 0 Å². The van der Waals surface area contributed by atoms with Crippen molar-refractivity contribution in [3.05, 3.63) is 24.5 Å². The highest BCUT2D eigenvalue weighted by atomic mass is 16.2. The van der Waals surface area contributed by atoms with E-state index in [1.165, 1.54) is 31.9 Å². The second-order valence-corrected chi connectivity index (χ2v) is 3.87. The Labute approximate surface area is 73.8 Å². The summed E-state index contributed by atoms with van der Waals surface area (Å²) in [6, 6.07) is 0. The van der Waals surface area contributed by atoms with E-state index in [1.807, 2.05) is 6.08 Å². The average molecular weight is 164 g/mol. The van der Waals surface area contributed by atoms with Gasteiger partial charge >= 0.3 is 0 Å². The van der Waals surface area contributed by atoms with E-state index in [2.05, 4.69) is 12.2 Å². The molecule has 2 aliphatic carbocycles. The largest absolute Gasteiger partial charge is 0.516 e. The predicted molar refractivity (Wildman–Crippen MR) is 49.8 cm³/mol. The van der Waals surface area contributed by atoms with Gasteiger partial charge in [-0.2, -0.15) is 0 Å². The first-order valence-corrected chi connectivity index (χ1v) is 4.89. The minimum Gasteiger partial charge on any atom is -0.516 e. The Bertz CT molecular complexity index is 189. The summed E-state index contributed by atoms with van der Waals surface area (Å²) in [5.74, 6) is 2.44. The first-order valence-electron chi connectivity index (χ1n) is 4.89. The molecule has 0 aliphatic heterocycles. The SMILES string of the molecule is OC=CC1[C@H]2CC/C=C\CC[C@@H]12. The van der Waals surface area contributed by atoms with Gasteiger partial charge in [-0.15, -0.1) is 0 Å². The van der Waals surface area contributed by atoms with Crippen molar-refractivity contribution in [2.24, 2.45) is 17.8 Å². The molecule has 12 heavy (non-hydrogen) atoms. The Morgan fingerprint density at radius 1 is 1.08 bits per heavy atom. The predicted octanol–water partition coefficient (Wildman–Crippen LogP) is 3.05. The van der Waals surface area contributed by atoms with Crippen LogP contribution in [0.15, 0.2) is 24.5 Å². The molecule has 0 spiro atoms. The average Bonchev–Trinajstić information content (AvgIpc) is 2.61. The number of allylic oxidation sites excluding steroid dienone is 3. The van der Waals surface area contributed by atoms with Crippen LogP contribution in [0.25, 0.3) is 0 Å². The molecule has 0 aromatic heterocycles. The Morgan fingerprint density at radius 2 is 1.67 bits per heavy atom. The molecule has 2 aliphatic rings. The van der Waals surface area contributed by atoms with Gasteiger partial charge in [-0.05, 0) is 49.5 Å². The van der Waals surface area contributed by atoms with Crippen LogP contribution in [-0.4, -0.2) is 5.11 Å². The highest BCUT2D eigenvalue weighted by Gasteiger charge is 2.46. The fourth-order valence-electron chi connectivity index (χ4n) is 2.49. The minimum absolute atomic E-state index is 0.690. The number of rotatable bonds is 1. The van der Waals surface area contributed by atoms with Crippen LogP contribution in [0.4, 0.5) is 0 Å². The summed E-state index contributed by atoms with van der Waals surface area (Å²) in [4.78, 5) is 0. The van der Waals surface area contributed by atoms with Gasteiger partial charge < -0.3 is 5.11 Å². The maximum Gasteiger partial charge on any atom is 0.0754 e. The van der Waals surface area contributed by atoms with Crippen molar-refractivity contribution in [3.63, 3.8) is 0 Å². The second kappa shape index (κ2) is 3.34.